The lowest BCUT2D eigenvalue weighted by molar-refractivity contribution is 1.04. The average Bonchev–Trinajstić information content (AvgIpc) is 1.69. The first-order valence-electron chi connectivity index (χ1n) is 1.84. The van der Waals surface area contributed by atoms with Crippen LogP contribution in [0.15, 0.2) is 12.3 Å². The number of anilines is 1. The fraction of sp³-hybridized carbons (Fsp3) is 0. The highest BCUT2D eigenvalue weighted by molar-refractivity contribution is 5.20. The molecule has 1 heterocycles. The monoisotopic (exact) mass is 94.0 g/mol. The smallest absolute Gasteiger partial charge is 0.154 e. The maximum atomic E-state index is 5.13. The van der Waals surface area contributed by atoms with E-state index in [1.165, 1.54) is 6.20 Å². The van der Waals surface area contributed by atoms with E-state index < -0.39 is 0 Å². The SMILES string of the molecule is Nc1[c]ccnn1. The van der Waals surface area contributed by atoms with Crippen LogP contribution in [0, 0.1) is 6.07 Å². The summed E-state index contributed by atoms with van der Waals surface area (Å²) < 4.78 is 0. The number of hydrogen-bond acceptors (Lipinski definition) is 3. The van der Waals surface area contributed by atoms with Crippen molar-refractivity contribution in [1.29, 1.82) is 0 Å². The van der Waals surface area contributed by atoms with Gasteiger partial charge in [0, 0.05) is 6.07 Å². The van der Waals surface area contributed by atoms with Crippen LogP contribution in [0.4, 0.5) is 5.82 Å². The molecule has 0 bridgehead atoms. The van der Waals surface area contributed by atoms with Crippen molar-refractivity contribution in [2.75, 3.05) is 5.73 Å². The first-order valence-corrected chi connectivity index (χ1v) is 1.84. The van der Waals surface area contributed by atoms with Gasteiger partial charge in [0.05, 0.1) is 6.20 Å². The van der Waals surface area contributed by atoms with Crippen LogP contribution in [0.3, 0.4) is 0 Å². The van der Waals surface area contributed by atoms with Gasteiger partial charge in [-0.3, -0.25) is 0 Å². The Kier molecular flexibility index (Phi) is 0.898. The predicted octanol–water partition coefficient (Wildman–Crippen LogP) is -0.141. The Balaban J connectivity index is 3.02. The van der Waals surface area contributed by atoms with E-state index in [4.69, 9.17) is 5.73 Å². The van der Waals surface area contributed by atoms with Crippen molar-refractivity contribution < 1.29 is 0 Å². The van der Waals surface area contributed by atoms with Crippen molar-refractivity contribution in [2.45, 2.75) is 0 Å². The first-order chi connectivity index (χ1) is 3.39. The molecule has 0 aromatic carbocycles. The molecular formula is C4H4N3. The van der Waals surface area contributed by atoms with Crippen LogP contribution in [-0.4, -0.2) is 10.2 Å². The lowest BCUT2D eigenvalue weighted by Gasteiger charge is -1.80. The van der Waals surface area contributed by atoms with Gasteiger partial charge in [-0.25, -0.2) is 0 Å². The molecule has 7 heavy (non-hydrogen) atoms. The van der Waals surface area contributed by atoms with E-state index in [1.54, 1.807) is 6.07 Å². The van der Waals surface area contributed by atoms with Gasteiger partial charge in [-0.2, -0.15) is 5.10 Å². The first kappa shape index (κ1) is 4.05. The highest BCUT2D eigenvalue weighted by Gasteiger charge is 1.76. The van der Waals surface area contributed by atoms with Crippen LogP contribution in [0.1, 0.15) is 0 Å². The summed E-state index contributed by atoms with van der Waals surface area (Å²) in [7, 11) is 0. The molecule has 1 aromatic heterocycles. The summed E-state index contributed by atoms with van der Waals surface area (Å²) in [6.07, 6.45) is 1.52. The van der Waals surface area contributed by atoms with Crippen molar-refractivity contribution in [3.05, 3.63) is 18.3 Å². The zero-order valence-electron chi connectivity index (χ0n) is 3.63. The molecule has 0 aliphatic heterocycles. The van der Waals surface area contributed by atoms with E-state index in [2.05, 4.69) is 16.3 Å². The summed E-state index contributed by atoms with van der Waals surface area (Å²) in [5, 5.41) is 6.93. The lowest BCUT2D eigenvalue weighted by atomic mass is 10.6. The van der Waals surface area contributed by atoms with Crippen molar-refractivity contribution >= 4 is 5.82 Å². The van der Waals surface area contributed by atoms with Crippen LogP contribution in [0.2, 0.25) is 0 Å². The summed E-state index contributed by atoms with van der Waals surface area (Å²) in [5.74, 6) is 0.336. The molecular weight excluding hydrogens is 90.1 g/mol. The van der Waals surface area contributed by atoms with Crippen molar-refractivity contribution in [2.24, 2.45) is 0 Å². The highest BCUT2D eigenvalue weighted by Crippen LogP contribution is 1.84. The van der Waals surface area contributed by atoms with Gasteiger partial charge in [0.25, 0.3) is 0 Å². The second-order valence-corrected chi connectivity index (χ2v) is 1.06. The third kappa shape index (κ3) is 0.855. The summed E-state index contributed by atoms with van der Waals surface area (Å²) in [6, 6.07) is 4.25. The molecule has 0 unspecified atom stereocenters. The fourth-order valence-corrected chi connectivity index (χ4v) is 0.280. The van der Waals surface area contributed by atoms with E-state index >= 15 is 0 Å². The van der Waals surface area contributed by atoms with Crippen molar-refractivity contribution in [3.8, 4) is 0 Å². The molecule has 0 aliphatic rings. The molecule has 0 aliphatic carbocycles. The molecule has 35 valence electrons. The quantitative estimate of drug-likeness (QED) is 0.486. The van der Waals surface area contributed by atoms with E-state index in [1.807, 2.05) is 0 Å². The van der Waals surface area contributed by atoms with Crippen LogP contribution >= 0.6 is 0 Å². The van der Waals surface area contributed by atoms with Crippen LogP contribution in [-0.2, 0) is 0 Å². The van der Waals surface area contributed by atoms with Crippen LogP contribution < -0.4 is 5.73 Å². The number of nitrogens with two attached hydrogens (primary N) is 1. The number of nitrogens with zero attached hydrogens (tertiary/aromatic N) is 2. The number of nitrogen functional groups attached to an aromatic ring is 1. The normalized spacial score (nSPS) is 8.57. The molecule has 0 atom stereocenters. The third-order valence-corrected chi connectivity index (χ3v) is 0.538. The zero-order chi connectivity index (χ0) is 5.11. The van der Waals surface area contributed by atoms with Crippen LogP contribution in [0.5, 0.6) is 0 Å². The van der Waals surface area contributed by atoms with Gasteiger partial charge in [-0.05, 0) is 6.07 Å². The molecule has 3 heteroatoms. The van der Waals surface area contributed by atoms with Gasteiger partial charge in [0.15, 0.2) is 5.82 Å². The molecule has 0 spiro atoms. The number of hydrogen-bond donors (Lipinski definition) is 1. The van der Waals surface area contributed by atoms with E-state index in [9.17, 15) is 0 Å². The maximum Gasteiger partial charge on any atom is 0.154 e. The Hall–Kier alpha value is -1.12. The van der Waals surface area contributed by atoms with E-state index in [0.29, 0.717) is 5.82 Å². The molecule has 2 N–H and O–H groups in total. The second-order valence-electron chi connectivity index (χ2n) is 1.06. The summed E-state index contributed by atoms with van der Waals surface area (Å²) in [5.41, 5.74) is 5.13. The topological polar surface area (TPSA) is 51.8 Å². The summed E-state index contributed by atoms with van der Waals surface area (Å²) in [4.78, 5) is 0. The minimum absolute atomic E-state index is 0.336. The van der Waals surface area contributed by atoms with Gasteiger partial charge in [0.1, 0.15) is 0 Å². The van der Waals surface area contributed by atoms with Crippen molar-refractivity contribution in [3.63, 3.8) is 0 Å². The van der Waals surface area contributed by atoms with Gasteiger partial charge in [-0.1, -0.05) is 0 Å². The molecule has 0 fully saturated rings. The van der Waals surface area contributed by atoms with Crippen molar-refractivity contribution in [1.82, 2.24) is 10.2 Å². The minimum Gasteiger partial charge on any atom is -0.382 e. The summed E-state index contributed by atoms with van der Waals surface area (Å²) >= 11 is 0. The molecule has 0 saturated carbocycles. The predicted molar refractivity (Wildman–Crippen MR) is 25.3 cm³/mol. The molecule has 0 saturated heterocycles. The second kappa shape index (κ2) is 1.55. The Bertz CT molecular complexity index is 137. The Morgan fingerprint density at radius 3 is 2.86 bits per heavy atom. The van der Waals surface area contributed by atoms with Gasteiger partial charge in [0.2, 0.25) is 0 Å². The molecule has 0 amide bonds. The molecule has 3 nitrogen and oxygen atoms in total. The highest BCUT2D eigenvalue weighted by atomic mass is 15.1. The fourth-order valence-electron chi connectivity index (χ4n) is 0.280. The van der Waals surface area contributed by atoms with E-state index in [-0.39, 0.29) is 0 Å². The molecule has 1 aromatic rings. The lowest BCUT2D eigenvalue weighted by Crippen LogP contribution is -1.89. The minimum atomic E-state index is 0.336. The standard InChI is InChI=1S/C4H4N3/c5-4-2-1-3-6-7-4/h1,3H,(H2,5,7). The average molecular weight is 94.1 g/mol. The number of aromatic nitrogens is 2. The Morgan fingerprint density at radius 2 is 2.57 bits per heavy atom. The van der Waals surface area contributed by atoms with Crippen LogP contribution in [0.25, 0.3) is 0 Å². The largest absolute Gasteiger partial charge is 0.382 e. The van der Waals surface area contributed by atoms with Gasteiger partial charge in [-0.15, -0.1) is 5.10 Å². The van der Waals surface area contributed by atoms with Gasteiger partial charge < -0.3 is 5.73 Å². The maximum absolute atomic E-state index is 5.13. The van der Waals surface area contributed by atoms with Gasteiger partial charge >= 0.3 is 0 Å². The third-order valence-electron chi connectivity index (χ3n) is 0.538. The molecule has 1 rings (SSSR count). The number of rotatable bonds is 0. The Labute approximate surface area is 41.2 Å². The zero-order valence-corrected chi connectivity index (χ0v) is 3.63. The van der Waals surface area contributed by atoms with E-state index in [0.717, 1.165) is 0 Å². The summed E-state index contributed by atoms with van der Waals surface area (Å²) in [6.45, 7) is 0. The Morgan fingerprint density at radius 1 is 1.71 bits per heavy atom. The molecule has 1 radical (unpaired) electrons.